The fraction of sp³-hybridized carbons (Fsp3) is 0.0455. The van der Waals surface area contributed by atoms with Gasteiger partial charge in [-0.2, -0.15) is 0 Å². The van der Waals surface area contributed by atoms with Crippen molar-refractivity contribution in [3.8, 4) is 11.4 Å². The first-order chi connectivity index (χ1) is 13.5. The predicted octanol–water partition coefficient (Wildman–Crippen LogP) is 4.98. The molecule has 0 fully saturated rings. The molecule has 1 heterocycles. The fourth-order valence-electron chi connectivity index (χ4n) is 2.97. The summed E-state index contributed by atoms with van der Waals surface area (Å²) in [5.41, 5.74) is 4.22. The molecule has 4 rings (SSSR count). The summed E-state index contributed by atoms with van der Waals surface area (Å²) in [7, 11) is 0. The fourth-order valence-corrected chi connectivity index (χ4v) is 3.24. The van der Waals surface area contributed by atoms with Crippen LogP contribution < -0.4 is 0 Å². The van der Waals surface area contributed by atoms with E-state index in [1.165, 1.54) is 12.1 Å². The lowest BCUT2D eigenvalue weighted by molar-refractivity contribution is 0.104. The zero-order chi connectivity index (χ0) is 19.7. The van der Waals surface area contributed by atoms with E-state index >= 15 is 0 Å². The van der Waals surface area contributed by atoms with Gasteiger partial charge in [-0.1, -0.05) is 47.2 Å². The number of benzene rings is 3. The van der Waals surface area contributed by atoms with Gasteiger partial charge in [-0.25, -0.2) is 4.68 Å². The molecule has 138 valence electrons. The maximum absolute atomic E-state index is 12.4. The van der Waals surface area contributed by atoms with Gasteiger partial charge in [0.2, 0.25) is 0 Å². The highest BCUT2D eigenvalue weighted by molar-refractivity contribution is 6.31. The lowest BCUT2D eigenvalue weighted by Crippen LogP contribution is -1.97. The molecule has 0 unspecified atom stereocenters. The Labute approximate surface area is 166 Å². The van der Waals surface area contributed by atoms with Crippen molar-refractivity contribution in [1.29, 1.82) is 0 Å². The van der Waals surface area contributed by atoms with Gasteiger partial charge in [0.1, 0.15) is 11.3 Å². The number of carbonyl (C=O) groups is 1. The summed E-state index contributed by atoms with van der Waals surface area (Å²) in [6, 6.07) is 18.4. The van der Waals surface area contributed by atoms with Crippen LogP contribution in [0.1, 0.15) is 21.5 Å². The number of aromatic hydroxyl groups is 1. The van der Waals surface area contributed by atoms with Crippen LogP contribution in [0, 0.1) is 6.92 Å². The molecule has 0 aliphatic heterocycles. The number of halogens is 1. The van der Waals surface area contributed by atoms with Gasteiger partial charge in [-0.3, -0.25) is 4.79 Å². The zero-order valence-corrected chi connectivity index (χ0v) is 15.8. The van der Waals surface area contributed by atoms with Crippen molar-refractivity contribution in [1.82, 2.24) is 15.0 Å². The average molecular weight is 390 g/mol. The highest BCUT2D eigenvalue weighted by Gasteiger charge is 2.12. The van der Waals surface area contributed by atoms with Gasteiger partial charge in [-0.05, 0) is 60.5 Å². The molecule has 5 nitrogen and oxygen atoms in total. The van der Waals surface area contributed by atoms with Gasteiger partial charge in [0, 0.05) is 5.02 Å². The van der Waals surface area contributed by atoms with Crippen molar-refractivity contribution in [3.63, 3.8) is 0 Å². The summed E-state index contributed by atoms with van der Waals surface area (Å²) in [5, 5.41) is 18.8. The van der Waals surface area contributed by atoms with Gasteiger partial charge in [0.05, 0.1) is 16.8 Å². The normalized spacial score (nSPS) is 11.4. The number of rotatable bonds is 4. The highest BCUT2D eigenvalue weighted by atomic mass is 35.5. The van der Waals surface area contributed by atoms with Crippen LogP contribution in [0.3, 0.4) is 0 Å². The van der Waals surface area contributed by atoms with Crippen LogP contribution in [0.4, 0.5) is 0 Å². The van der Waals surface area contributed by atoms with E-state index in [0.717, 1.165) is 22.3 Å². The Morgan fingerprint density at radius 1 is 1.11 bits per heavy atom. The number of aromatic nitrogens is 3. The Balaban J connectivity index is 1.57. The zero-order valence-electron chi connectivity index (χ0n) is 15.0. The molecule has 0 radical (unpaired) electrons. The van der Waals surface area contributed by atoms with Crippen LogP contribution in [0.25, 0.3) is 22.8 Å². The number of nitrogens with zero attached hydrogens (tertiary/aromatic N) is 3. The monoisotopic (exact) mass is 389 g/mol. The van der Waals surface area contributed by atoms with Crippen LogP contribution in [0.2, 0.25) is 5.02 Å². The average Bonchev–Trinajstić information content (AvgIpc) is 3.13. The molecule has 0 saturated heterocycles. The maximum atomic E-state index is 12.4. The summed E-state index contributed by atoms with van der Waals surface area (Å²) in [6.45, 7) is 1.70. The molecule has 0 amide bonds. The van der Waals surface area contributed by atoms with Crippen molar-refractivity contribution in [2.24, 2.45) is 0 Å². The predicted molar refractivity (Wildman–Crippen MR) is 110 cm³/mol. The molecule has 0 spiro atoms. The summed E-state index contributed by atoms with van der Waals surface area (Å²) in [6.07, 6.45) is 3.12. The molecule has 6 heteroatoms. The van der Waals surface area contributed by atoms with Crippen LogP contribution in [-0.4, -0.2) is 25.9 Å². The molecular weight excluding hydrogens is 374 g/mol. The number of carbonyl (C=O) groups excluding carboxylic acids is 1. The molecule has 3 aromatic carbocycles. The minimum absolute atomic E-state index is 0.0486. The quantitative estimate of drug-likeness (QED) is 0.394. The third-order valence-corrected chi connectivity index (χ3v) is 4.67. The third kappa shape index (κ3) is 3.40. The first kappa shape index (κ1) is 17.9. The summed E-state index contributed by atoms with van der Waals surface area (Å²) >= 11 is 5.99. The van der Waals surface area contributed by atoms with Gasteiger partial charge in [0.25, 0.3) is 0 Å². The van der Waals surface area contributed by atoms with Gasteiger partial charge >= 0.3 is 0 Å². The van der Waals surface area contributed by atoms with Gasteiger partial charge < -0.3 is 5.11 Å². The van der Waals surface area contributed by atoms with E-state index in [4.69, 9.17) is 11.6 Å². The lowest BCUT2D eigenvalue weighted by Gasteiger charge is -2.05. The molecule has 0 saturated carbocycles. The van der Waals surface area contributed by atoms with Crippen LogP contribution in [-0.2, 0) is 0 Å². The standard InChI is InChI=1S/C22H16ClN3O2/c1-14-12-16(23)13-18(22(14)28)21(27)11-8-15-6-9-17(10-7-15)26-20-5-3-2-4-19(20)24-25-26/h2-13,28H,1H3/b11-8+. The first-order valence-corrected chi connectivity index (χ1v) is 9.03. The third-order valence-electron chi connectivity index (χ3n) is 4.45. The van der Waals surface area contributed by atoms with E-state index < -0.39 is 0 Å². The second kappa shape index (κ2) is 7.29. The van der Waals surface area contributed by atoms with E-state index in [0.29, 0.717) is 10.6 Å². The lowest BCUT2D eigenvalue weighted by atomic mass is 10.0. The van der Waals surface area contributed by atoms with E-state index in [9.17, 15) is 9.90 Å². The van der Waals surface area contributed by atoms with Crippen molar-refractivity contribution in [2.45, 2.75) is 6.92 Å². The van der Waals surface area contributed by atoms with Crippen molar-refractivity contribution in [3.05, 3.63) is 88.5 Å². The maximum Gasteiger partial charge on any atom is 0.189 e. The Morgan fingerprint density at radius 2 is 1.86 bits per heavy atom. The van der Waals surface area contributed by atoms with Crippen LogP contribution >= 0.6 is 11.6 Å². The highest BCUT2D eigenvalue weighted by Crippen LogP contribution is 2.27. The number of hydrogen-bond acceptors (Lipinski definition) is 4. The largest absolute Gasteiger partial charge is 0.507 e. The summed E-state index contributed by atoms with van der Waals surface area (Å²) < 4.78 is 1.76. The molecule has 1 N–H and O–H groups in total. The number of fused-ring (bicyclic) bond motifs is 1. The molecule has 1 aromatic heterocycles. The van der Waals surface area contributed by atoms with Crippen molar-refractivity contribution < 1.29 is 9.90 Å². The Bertz CT molecular complexity index is 1210. The second-order valence-electron chi connectivity index (χ2n) is 6.40. The Morgan fingerprint density at radius 3 is 2.64 bits per heavy atom. The molecule has 0 aliphatic rings. The molecule has 4 aromatic rings. The molecular formula is C22H16ClN3O2. The van der Waals surface area contributed by atoms with Gasteiger partial charge in [0.15, 0.2) is 5.78 Å². The molecule has 28 heavy (non-hydrogen) atoms. The number of ketones is 1. The summed E-state index contributed by atoms with van der Waals surface area (Å²) in [4.78, 5) is 12.4. The van der Waals surface area contributed by atoms with Crippen LogP contribution in [0.5, 0.6) is 5.75 Å². The topological polar surface area (TPSA) is 68.0 Å². The number of phenolic OH excluding ortho intramolecular Hbond substituents is 1. The number of allylic oxidation sites excluding steroid dienone is 1. The van der Waals surface area contributed by atoms with Crippen molar-refractivity contribution in [2.75, 3.05) is 0 Å². The minimum atomic E-state index is -0.311. The number of phenols is 1. The smallest absolute Gasteiger partial charge is 0.189 e. The van der Waals surface area contributed by atoms with E-state index in [1.807, 2.05) is 48.5 Å². The first-order valence-electron chi connectivity index (χ1n) is 8.65. The number of aryl methyl sites for hydroxylation is 1. The number of para-hydroxylation sites is 1. The van der Waals surface area contributed by atoms with Crippen LogP contribution in [0.15, 0.2) is 66.7 Å². The SMILES string of the molecule is Cc1cc(Cl)cc(C(=O)/C=C/c2ccc(-n3nnc4ccccc43)cc2)c1O. The Hall–Kier alpha value is -3.44. The van der Waals surface area contributed by atoms with E-state index in [2.05, 4.69) is 10.3 Å². The summed E-state index contributed by atoms with van der Waals surface area (Å²) in [5.74, 6) is -0.359. The Kier molecular flexibility index (Phi) is 4.67. The van der Waals surface area contributed by atoms with E-state index in [1.54, 1.807) is 23.7 Å². The number of hydrogen-bond donors (Lipinski definition) is 1. The van der Waals surface area contributed by atoms with Gasteiger partial charge in [-0.15, -0.1) is 5.10 Å². The molecule has 0 atom stereocenters. The molecule has 0 bridgehead atoms. The minimum Gasteiger partial charge on any atom is -0.507 e. The van der Waals surface area contributed by atoms with Crippen molar-refractivity contribution >= 4 is 34.5 Å². The molecule has 0 aliphatic carbocycles. The second-order valence-corrected chi connectivity index (χ2v) is 6.83. The van der Waals surface area contributed by atoms with E-state index in [-0.39, 0.29) is 17.1 Å².